The zero-order chi connectivity index (χ0) is 28.1. The minimum atomic E-state index is -3.72. The summed E-state index contributed by atoms with van der Waals surface area (Å²) in [5, 5.41) is 15.1. The van der Waals surface area contributed by atoms with Crippen LogP contribution in [0.4, 0.5) is 22.9 Å². The Hall–Kier alpha value is -3.45. The third-order valence-electron chi connectivity index (χ3n) is 5.10. The van der Waals surface area contributed by atoms with Crippen LogP contribution in [0, 0.1) is 5.92 Å². The number of anilines is 4. The van der Waals surface area contributed by atoms with Crippen molar-refractivity contribution < 1.29 is 31.6 Å². The van der Waals surface area contributed by atoms with E-state index in [1.165, 1.54) is 25.2 Å². The molecule has 0 saturated heterocycles. The van der Waals surface area contributed by atoms with Gasteiger partial charge in [-0.05, 0) is 31.9 Å². The van der Waals surface area contributed by atoms with Crippen LogP contribution in [0.1, 0.15) is 34.4 Å². The minimum absolute atomic E-state index is 0.0130. The quantitative estimate of drug-likeness (QED) is 0.363. The monoisotopic (exact) mass is 509 g/mol. The average molecular weight is 510 g/mol. The van der Waals surface area contributed by atoms with E-state index >= 15 is 0 Å². The van der Waals surface area contributed by atoms with Crippen LogP contribution in [0.25, 0.3) is 0 Å². The number of carbonyl (C=O) groups excluding carboxylic acids is 2. The van der Waals surface area contributed by atoms with E-state index in [9.17, 15) is 18.0 Å². The lowest BCUT2D eigenvalue weighted by molar-refractivity contribution is -0.117. The fourth-order valence-corrected chi connectivity index (χ4v) is 3.51. The van der Waals surface area contributed by atoms with Crippen LogP contribution in [0.15, 0.2) is 24.3 Å². The Morgan fingerprint density at radius 1 is 1.20 bits per heavy atom. The van der Waals surface area contributed by atoms with Crippen molar-refractivity contribution in [3.63, 3.8) is 0 Å². The number of hydrogen-bond donors (Lipinski definition) is 3. The number of nitrogens with one attached hydrogen (secondary N) is 3. The van der Waals surface area contributed by atoms with Crippen LogP contribution >= 0.6 is 0 Å². The lowest BCUT2D eigenvalue weighted by Crippen LogP contribution is -2.26. The molecule has 12 nitrogen and oxygen atoms in total. The highest BCUT2D eigenvalue weighted by Crippen LogP contribution is 2.35. The second kappa shape index (κ2) is 11.3. The first-order valence-electron chi connectivity index (χ1n) is 12.3. The highest BCUT2D eigenvalue weighted by molar-refractivity contribution is 7.92. The molecule has 35 heavy (non-hydrogen) atoms. The van der Waals surface area contributed by atoms with Gasteiger partial charge in [-0.3, -0.25) is 13.9 Å². The normalized spacial score (nSPS) is 14.8. The summed E-state index contributed by atoms with van der Waals surface area (Å²) in [5.41, 5.74) is 0.00557. The van der Waals surface area contributed by atoms with Gasteiger partial charge >= 0.3 is 0 Å². The van der Waals surface area contributed by atoms with Gasteiger partial charge in [-0.15, -0.1) is 10.2 Å². The molecule has 0 aliphatic heterocycles. The van der Waals surface area contributed by atoms with E-state index in [1.54, 1.807) is 6.07 Å². The highest BCUT2D eigenvalue weighted by atomic mass is 32.2. The molecule has 2 amide bonds. The number of ether oxygens (including phenoxy) is 2. The van der Waals surface area contributed by atoms with E-state index < -0.39 is 22.9 Å². The van der Waals surface area contributed by atoms with Crippen LogP contribution in [0.3, 0.4) is 0 Å². The minimum Gasteiger partial charge on any atom is -0.491 e. The number of rotatable bonds is 12. The Morgan fingerprint density at radius 2 is 1.97 bits per heavy atom. The average Bonchev–Trinajstić information content (AvgIpc) is 3.66. The van der Waals surface area contributed by atoms with Crippen molar-refractivity contribution >= 4 is 44.7 Å². The van der Waals surface area contributed by atoms with Gasteiger partial charge in [0.25, 0.3) is 5.91 Å². The van der Waals surface area contributed by atoms with Gasteiger partial charge in [0, 0.05) is 42.8 Å². The van der Waals surface area contributed by atoms with Crippen molar-refractivity contribution in [2.45, 2.75) is 19.8 Å². The van der Waals surface area contributed by atoms with E-state index in [1.807, 2.05) is 12.2 Å². The molecule has 3 N–H and O–H groups in total. The summed E-state index contributed by atoms with van der Waals surface area (Å²) in [4.78, 5) is 24.9. The van der Waals surface area contributed by atoms with Crippen molar-refractivity contribution in [3.8, 4) is 5.75 Å². The second-order valence-corrected chi connectivity index (χ2v) is 9.80. The zero-order valence-electron chi connectivity index (χ0n) is 22.6. The number of carbonyl (C=O) groups is 2. The molecule has 2 aromatic rings. The van der Waals surface area contributed by atoms with Crippen LogP contribution in [0.2, 0.25) is 0 Å². The van der Waals surface area contributed by atoms with Crippen LogP contribution in [-0.2, 0) is 19.6 Å². The molecule has 1 aliphatic rings. The van der Waals surface area contributed by atoms with E-state index in [4.69, 9.17) is 13.6 Å². The maximum atomic E-state index is 12.7. The summed E-state index contributed by atoms with van der Waals surface area (Å²) in [7, 11) is -2.38. The summed E-state index contributed by atoms with van der Waals surface area (Å²) >= 11 is 0. The summed E-state index contributed by atoms with van der Waals surface area (Å²) in [6.45, 7) is 0.156. The van der Waals surface area contributed by atoms with Gasteiger partial charge in [0.15, 0.2) is 11.5 Å². The van der Waals surface area contributed by atoms with Gasteiger partial charge in [0.2, 0.25) is 15.9 Å². The topological polar surface area (TPSA) is 152 Å². The first kappa shape index (κ1) is 22.0. The third-order valence-corrected chi connectivity index (χ3v) is 6.29. The fourth-order valence-electron chi connectivity index (χ4n) is 3.00. The molecule has 0 unspecified atom stereocenters. The summed E-state index contributed by atoms with van der Waals surface area (Å²) in [6, 6.07) is 5.92. The summed E-state index contributed by atoms with van der Waals surface area (Å²) in [5.74, 6) is -1.03. The molecule has 1 aliphatic carbocycles. The molecule has 1 fully saturated rings. The Morgan fingerprint density at radius 3 is 2.63 bits per heavy atom. The fraction of sp³-hybridized carbons (Fsp3) is 0.455. The maximum Gasteiger partial charge on any atom is 0.273 e. The van der Waals surface area contributed by atoms with Crippen molar-refractivity contribution in [1.29, 1.82) is 0 Å². The van der Waals surface area contributed by atoms with Crippen molar-refractivity contribution in [1.82, 2.24) is 15.5 Å². The Labute approximate surface area is 208 Å². The van der Waals surface area contributed by atoms with E-state index in [0.29, 0.717) is 19.0 Å². The first-order valence-corrected chi connectivity index (χ1v) is 12.7. The Balaban J connectivity index is 2.00. The van der Waals surface area contributed by atoms with Gasteiger partial charge in [-0.25, -0.2) is 8.42 Å². The number of nitrogens with zero attached hydrogens (tertiary/aromatic N) is 3. The number of aromatic nitrogens is 2. The molecular formula is C22H30N6O6S. The molecule has 0 radical (unpaired) electrons. The van der Waals surface area contributed by atoms with Crippen molar-refractivity contribution in [2.24, 2.45) is 5.92 Å². The van der Waals surface area contributed by atoms with Crippen molar-refractivity contribution in [3.05, 3.63) is 30.0 Å². The lowest BCUT2D eigenvalue weighted by Gasteiger charge is -2.22. The summed E-state index contributed by atoms with van der Waals surface area (Å²) in [6.07, 6.45) is 2.53. The van der Waals surface area contributed by atoms with Gasteiger partial charge in [-0.1, -0.05) is 0 Å². The van der Waals surface area contributed by atoms with E-state index in [2.05, 4.69) is 20.8 Å². The standard InChI is InChI=1S/C22H30N6O6S/c1-5-33-10-11-34-15-8-9-16(18(12-15)28(3)35(4,31)32)24-17-13-19(25-21(29)14-6-7-14)26-27-20(17)22(30)23-2/h8-9,12-14H,5-7,10-11H2,1-4H3,(H,23,30)(H2,24,25,26,29)/i2D3. The predicted octanol–water partition coefficient (Wildman–Crippen LogP) is 1.74. The molecule has 1 aromatic carbocycles. The smallest absolute Gasteiger partial charge is 0.273 e. The largest absolute Gasteiger partial charge is 0.491 e. The number of benzene rings is 1. The van der Waals surface area contributed by atoms with Crippen LogP contribution in [0.5, 0.6) is 5.75 Å². The lowest BCUT2D eigenvalue weighted by atomic mass is 10.2. The van der Waals surface area contributed by atoms with Gasteiger partial charge in [0.1, 0.15) is 12.4 Å². The van der Waals surface area contributed by atoms with Crippen LogP contribution < -0.4 is 25.0 Å². The van der Waals surface area contributed by atoms with Gasteiger partial charge in [-0.2, -0.15) is 0 Å². The Bertz CT molecular complexity index is 1290. The van der Waals surface area contributed by atoms with Gasteiger partial charge < -0.3 is 25.4 Å². The SMILES string of the molecule is [2H]C([2H])([2H])NC(=O)c1nnc(NC(=O)C2CC2)cc1Nc1ccc(OCCOCC)cc1N(C)S(C)(=O)=O. The molecule has 1 heterocycles. The number of amides is 2. The van der Waals surface area contributed by atoms with E-state index in [-0.39, 0.29) is 47.0 Å². The molecule has 1 aromatic heterocycles. The third kappa shape index (κ3) is 7.02. The van der Waals surface area contributed by atoms with Crippen molar-refractivity contribution in [2.75, 3.05) is 55.0 Å². The molecule has 1 saturated carbocycles. The first-order chi connectivity index (χ1) is 17.8. The second-order valence-electron chi connectivity index (χ2n) is 7.79. The highest BCUT2D eigenvalue weighted by Gasteiger charge is 2.30. The molecule has 0 spiro atoms. The molecule has 13 heteroatoms. The number of hydrogen-bond acceptors (Lipinski definition) is 9. The molecule has 0 atom stereocenters. The molecular weight excluding hydrogens is 476 g/mol. The zero-order valence-corrected chi connectivity index (χ0v) is 20.4. The number of sulfonamides is 1. The molecule has 190 valence electrons. The molecule has 0 bridgehead atoms. The summed E-state index contributed by atoms with van der Waals surface area (Å²) < 4.78 is 58.7. The Kier molecular flexibility index (Phi) is 7.13. The predicted molar refractivity (Wildman–Crippen MR) is 132 cm³/mol. The van der Waals surface area contributed by atoms with E-state index in [0.717, 1.165) is 23.4 Å². The van der Waals surface area contributed by atoms with Gasteiger partial charge in [0.05, 0.1) is 29.9 Å². The molecule has 3 rings (SSSR count). The maximum absolute atomic E-state index is 12.7. The van der Waals surface area contributed by atoms with Crippen LogP contribution in [-0.4, -0.2) is 70.5 Å².